The zero-order valence-corrected chi connectivity index (χ0v) is 15.6. The predicted octanol–water partition coefficient (Wildman–Crippen LogP) is 5.41. The minimum absolute atomic E-state index is 0.179. The van der Waals surface area contributed by atoms with Crippen LogP contribution < -0.4 is 9.64 Å². The Morgan fingerprint density at radius 2 is 1.88 bits per heavy atom. The number of hydrogen-bond acceptors (Lipinski definition) is 4. The van der Waals surface area contributed by atoms with Crippen LogP contribution in [0.1, 0.15) is 5.56 Å². The normalized spacial score (nSPS) is 16.1. The molecule has 0 N–H and O–H groups in total. The van der Waals surface area contributed by atoms with Crippen LogP contribution in [0.15, 0.2) is 47.4 Å². The van der Waals surface area contributed by atoms with E-state index < -0.39 is 0 Å². The summed E-state index contributed by atoms with van der Waals surface area (Å²) < 4.78 is 5.60. The second kappa shape index (κ2) is 7.15. The molecule has 7 heteroatoms. The van der Waals surface area contributed by atoms with Gasteiger partial charge < -0.3 is 4.74 Å². The molecule has 1 aliphatic rings. The quantitative estimate of drug-likeness (QED) is 0.513. The Balaban J connectivity index is 1.92. The Bertz CT molecular complexity index is 850. The molecule has 122 valence electrons. The molecule has 1 heterocycles. The summed E-state index contributed by atoms with van der Waals surface area (Å²) in [7, 11) is 1.59. The van der Waals surface area contributed by atoms with E-state index in [0.717, 1.165) is 5.56 Å². The highest BCUT2D eigenvalue weighted by Crippen LogP contribution is 2.37. The van der Waals surface area contributed by atoms with Crippen LogP contribution in [0.5, 0.6) is 5.75 Å². The number of ether oxygens (including phenoxy) is 1. The van der Waals surface area contributed by atoms with Crippen LogP contribution in [0.25, 0.3) is 6.08 Å². The van der Waals surface area contributed by atoms with Crippen LogP contribution in [0.2, 0.25) is 10.0 Å². The van der Waals surface area contributed by atoms with E-state index >= 15 is 0 Å². The summed E-state index contributed by atoms with van der Waals surface area (Å²) >= 11 is 18.7. The minimum atomic E-state index is -0.179. The van der Waals surface area contributed by atoms with Gasteiger partial charge in [0.2, 0.25) is 0 Å². The van der Waals surface area contributed by atoms with Gasteiger partial charge in [0.25, 0.3) is 5.91 Å². The average molecular weight is 396 g/mol. The number of anilines is 1. The van der Waals surface area contributed by atoms with Gasteiger partial charge in [0.1, 0.15) is 5.75 Å². The highest BCUT2D eigenvalue weighted by atomic mass is 35.5. The summed E-state index contributed by atoms with van der Waals surface area (Å²) in [6.45, 7) is 0. The monoisotopic (exact) mass is 395 g/mol. The number of thioether (sulfide) groups is 1. The standard InChI is InChI=1S/C17H11Cl2NO2S2/c1-22-13-6-4-12(5-7-13)20-16(21)15(24-17(20)23)8-10-2-3-11(18)9-14(10)19/h2-9H,1H3. The lowest BCUT2D eigenvalue weighted by atomic mass is 10.2. The lowest BCUT2D eigenvalue weighted by Gasteiger charge is -2.14. The second-order valence-corrected chi connectivity index (χ2v) is 7.40. The van der Waals surface area contributed by atoms with Crippen molar-refractivity contribution in [3.05, 3.63) is 63.0 Å². The van der Waals surface area contributed by atoms with Crippen molar-refractivity contribution in [1.82, 2.24) is 0 Å². The molecule has 1 amide bonds. The van der Waals surface area contributed by atoms with Crippen molar-refractivity contribution in [2.24, 2.45) is 0 Å². The predicted molar refractivity (Wildman–Crippen MR) is 105 cm³/mol. The molecule has 0 saturated carbocycles. The van der Waals surface area contributed by atoms with Gasteiger partial charge in [-0.2, -0.15) is 0 Å². The molecule has 0 aliphatic carbocycles. The largest absolute Gasteiger partial charge is 0.497 e. The van der Waals surface area contributed by atoms with Crippen molar-refractivity contribution >= 4 is 69.2 Å². The summed E-state index contributed by atoms with van der Waals surface area (Å²) in [4.78, 5) is 14.7. The summed E-state index contributed by atoms with van der Waals surface area (Å²) in [6, 6.07) is 12.3. The number of methoxy groups -OCH3 is 1. The summed E-state index contributed by atoms with van der Waals surface area (Å²) in [5, 5.41) is 1.03. The zero-order chi connectivity index (χ0) is 17.3. The molecule has 1 aliphatic heterocycles. The molecule has 2 aromatic carbocycles. The summed E-state index contributed by atoms with van der Waals surface area (Å²) in [6.07, 6.45) is 1.72. The number of carbonyl (C=O) groups is 1. The van der Waals surface area contributed by atoms with Crippen molar-refractivity contribution in [3.63, 3.8) is 0 Å². The first-order chi connectivity index (χ1) is 11.5. The maximum absolute atomic E-state index is 12.7. The third-order valence-electron chi connectivity index (χ3n) is 3.37. The van der Waals surface area contributed by atoms with Crippen LogP contribution >= 0.6 is 47.2 Å². The lowest BCUT2D eigenvalue weighted by Crippen LogP contribution is -2.27. The fourth-order valence-corrected chi connectivity index (χ4v) is 3.93. The fraction of sp³-hybridized carbons (Fsp3) is 0.0588. The van der Waals surface area contributed by atoms with Crippen LogP contribution in [0.4, 0.5) is 5.69 Å². The highest BCUT2D eigenvalue weighted by molar-refractivity contribution is 8.27. The molecule has 0 aromatic heterocycles. The number of rotatable bonds is 3. The van der Waals surface area contributed by atoms with Crippen LogP contribution in [-0.2, 0) is 4.79 Å². The van der Waals surface area contributed by atoms with Crippen molar-refractivity contribution < 1.29 is 9.53 Å². The maximum atomic E-state index is 12.7. The summed E-state index contributed by atoms with van der Waals surface area (Å²) in [5.74, 6) is 0.536. The third kappa shape index (κ3) is 3.44. The fourth-order valence-electron chi connectivity index (χ4n) is 2.18. The molecule has 0 atom stereocenters. The highest BCUT2D eigenvalue weighted by Gasteiger charge is 2.33. The van der Waals surface area contributed by atoms with Crippen molar-refractivity contribution in [2.45, 2.75) is 0 Å². The number of hydrogen-bond donors (Lipinski definition) is 0. The first kappa shape index (κ1) is 17.3. The van der Waals surface area contributed by atoms with Crippen LogP contribution in [0.3, 0.4) is 0 Å². The molecule has 0 bridgehead atoms. The van der Waals surface area contributed by atoms with Crippen LogP contribution in [-0.4, -0.2) is 17.3 Å². The number of halogens is 2. The van der Waals surface area contributed by atoms with Gasteiger partial charge in [-0.25, -0.2) is 0 Å². The van der Waals surface area contributed by atoms with Gasteiger partial charge in [-0.3, -0.25) is 9.69 Å². The van der Waals surface area contributed by atoms with E-state index in [0.29, 0.717) is 30.7 Å². The smallest absolute Gasteiger partial charge is 0.270 e. The first-order valence-corrected chi connectivity index (χ1v) is 8.85. The minimum Gasteiger partial charge on any atom is -0.497 e. The van der Waals surface area contributed by atoms with E-state index in [-0.39, 0.29) is 5.91 Å². The molecule has 3 nitrogen and oxygen atoms in total. The van der Waals surface area contributed by atoms with Crippen molar-refractivity contribution in [2.75, 3.05) is 12.0 Å². The molecule has 0 unspecified atom stereocenters. The van der Waals surface area contributed by atoms with Gasteiger partial charge in [0.05, 0.1) is 17.7 Å². The van der Waals surface area contributed by atoms with E-state index in [4.69, 9.17) is 40.2 Å². The Hall–Kier alpha value is -1.53. The van der Waals surface area contributed by atoms with Gasteiger partial charge in [0, 0.05) is 10.0 Å². The molecular formula is C17H11Cl2NO2S2. The van der Waals surface area contributed by atoms with E-state index in [9.17, 15) is 4.79 Å². The van der Waals surface area contributed by atoms with Gasteiger partial charge in [-0.05, 0) is 48.0 Å². The number of carbonyl (C=O) groups excluding carboxylic acids is 1. The Morgan fingerprint density at radius 1 is 1.17 bits per heavy atom. The Labute approximate surface area is 159 Å². The molecule has 1 saturated heterocycles. The van der Waals surface area contributed by atoms with E-state index in [1.165, 1.54) is 16.7 Å². The molecule has 0 radical (unpaired) electrons. The van der Waals surface area contributed by atoms with Crippen molar-refractivity contribution in [3.8, 4) is 5.75 Å². The number of amides is 1. The average Bonchev–Trinajstić information content (AvgIpc) is 2.84. The molecule has 24 heavy (non-hydrogen) atoms. The van der Waals surface area contributed by atoms with Crippen LogP contribution in [0, 0.1) is 0 Å². The molecule has 2 aromatic rings. The SMILES string of the molecule is COc1ccc(N2C(=O)C(=Cc3ccc(Cl)cc3Cl)SC2=S)cc1. The topological polar surface area (TPSA) is 29.5 Å². The molecular weight excluding hydrogens is 385 g/mol. The zero-order valence-electron chi connectivity index (χ0n) is 12.5. The maximum Gasteiger partial charge on any atom is 0.270 e. The molecule has 0 spiro atoms. The molecule has 3 rings (SSSR count). The van der Waals surface area contributed by atoms with Gasteiger partial charge >= 0.3 is 0 Å². The van der Waals surface area contributed by atoms with E-state index in [2.05, 4.69) is 0 Å². The van der Waals surface area contributed by atoms with E-state index in [1.807, 2.05) is 0 Å². The Kier molecular flexibility index (Phi) is 5.15. The number of benzene rings is 2. The lowest BCUT2D eigenvalue weighted by molar-refractivity contribution is -0.113. The van der Waals surface area contributed by atoms with Gasteiger partial charge in [0.15, 0.2) is 4.32 Å². The third-order valence-corrected chi connectivity index (χ3v) is 5.24. The summed E-state index contributed by atoms with van der Waals surface area (Å²) in [5.41, 5.74) is 1.42. The van der Waals surface area contributed by atoms with E-state index in [1.54, 1.807) is 55.7 Å². The van der Waals surface area contributed by atoms with Gasteiger partial charge in [-0.15, -0.1) is 0 Å². The number of nitrogens with zero attached hydrogens (tertiary/aromatic N) is 1. The molecule has 1 fully saturated rings. The first-order valence-electron chi connectivity index (χ1n) is 6.86. The second-order valence-electron chi connectivity index (χ2n) is 4.88. The van der Waals surface area contributed by atoms with Crippen molar-refractivity contribution in [1.29, 1.82) is 0 Å². The van der Waals surface area contributed by atoms with Gasteiger partial charge in [-0.1, -0.05) is 53.2 Å². The Morgan fingerprint density at radius 3 is 2.50 bits per heavy atom. The number of thiocarbonyl (C=S) groups is 1.